The van der Waals surface area contributed by atoms with Crippen LogP contribution in [0.3, 0.4) is 0 Å². The Morgan fingerprint density at radius 2 is 1.91 bits per heavy atom. The van der Waals surface area contributed by atoms with Crippen molar-refractivity contribution in [2.45, 2.75) is 52.9 Å². The van der Waals surface area contributed by atoms with Gasteiger partial charge in [0.25, 0.3) is 0 Å². The summed E-state index contributed by atoms with van der Waals surface area (Å²) in [4.78, 5) is 11.1. The molecule has 0 heterocycles. The van der Waals surface area contributed by atoms with Gasteiger partial charge in [0.05, 0.1) is 0 Å². The molecule has 0 aromatic carbocycles. The summed E-state index contributed by atoms with van der Waals surface area (Å²) in [6.07, 6.45) is 5.05. The van der Waals surface area contributed by atoms with E-state index in [1.165, 1.54) is 12.8 Å². The van der Waals surface area contributed by atoms with E-state index in [2.05, 4.69) is 20.8 Å². The van der Waals surface area contributed by atoms with Gasteiger partial charge in [-0.2, -0.15) is 0 Å². The summed E-state index contributed by atoms with van der Waals surface area (Å²) in [5, 5.41) is 0. The Bertz CT molecular complexity index is 105. The molecular formula is C10H20O. The van der Waals surface area contributed by atoms with Gasteiger partial charge in [-0.1, -0.05) is 33.6 Å². The maximum Gasteiger partial charge on any atom is 0.133 e. The van der Waals surface area contributed by atoms with E-state index in [0.29, 0.717) is 11.7 Å². The van der Waals surface area contributed by atoms with Crippen molar-refractivity contribution in [1.82, 2.24) is 0 Å². The molecule has 0 aliphatic heterocycles. The molecule has 0 amide bonds. The van der Waals surface area contributed by atoms with Gasteiger partial charge < -0.3 is 0 Å². The predicted molar refractivity (Wildman–Crippen MR) is 48.6 cm³/mol. The van der Waals surface area contributed by atoms with Crippen LogP contribution < -0.4 is 0 Å². The average molecular weight is 156 g/mol. The zero-order valence-electron chi connectivity index (χ0n) is 8.02. The first-order valence-corrected chi connectivity index (χ1v) is 4.68. The average Bonchev–Trinajstić information content (AvgIpc) is 1.86. The molecule has 66 valence electrons. The molecule has 11 heavy (non-hydrogen) atoms. The van der Waals surface area contributed by atoms with Crippen molar-refractivity contribution >= 4 is 5.78 Å². The molecule has 0 atom stereocenters. The van der Waals surface area contributed by atoms with Gasteiger partial charge >= 0.3 is 0 Å². The Morgan fingerprint density at radius 1 is 1.27 bits per heavy atom. The van der Waals surface area contributed by atoms with E-state index in [9.17, 15) is 4.79 Å². The molecule has 0 saturated carbocycles. The van der Waals surface area contributed by atoms with Crippen molar-refractivity contribution in [2.75, 3.05) is 0 Å². The van der Waals surface area contributed by atoms with Crippen molar-refractivity contribution in [2.24, 2.45) is 5.92 Å². The van der Waals surface area contributed by atoms with E-state index < -0.39 is 0 Å². The quantitative estimate of drug-likeness (QED) is 0.540. The maximum atomic E-state index is 11.1. The number of carbonyl (C=O) groups is 1. The second kappa shape index (κ2) is 6.38. The molecule has 0 spiro atoms. The van der Waals surface area contributed by atoms with Crippen LogP contribution in [0.25, 0.3) is 0 Å². The van der Waals surface area contributed by atoms with Crippen molar-refractivity contribution in [3.63, 3.8) is 0 Å². The van der Waals surface area contributed by atoms with E-state index in [1.54, 1.807) is 0 Å². The first-order valence-electron chi connectivity index (χ1n) is 4.68. The molecule has 0 aromatic rings. The zero-order valence-corrected chi connectivity index (χ0v) is 8.02. The molecule has 0 rings (SSSR count). The van der Waals surface area contributed by atoms with E-state index in [4.69, 9.17) is 0 Å². The van der Waals surface area contributed by atoms with Crippen LogP contribution in [-0.2, 0) is 4.79 Å². The van der Waals surface area contributed by atoms with Crippen LogP contribution in [0.1, 0.15) is 52.9 Å². The van der Waals surface area contributed by atoms with E-state index >= 15 is 0 Å². The minimum absolute atomic E-state index is 0.438. The fourth-order valence-corrected chi connectivity index (χ4v) is 1.13. The normalized spacial score (nSPS) is 10.5. The van der Waals surface area contributed by atoms with Crippen molar-refractivity contribution in [3.05, 3.63) is 0 Å². The molecule has 0 saturated heterocycles. The lowest BCUT2D eigenvalue weighted by Crippen LogP contribution is -2.01. The Balaban J connectivity index is 3.23. The van der Waals surface area contributed by atoms with Crippen LogP contribution in [0.5, 0.6) is 0 Å². The largest absolute Gasteiger partial charge is 0.300 e. The molecule has 0 aliphatic rings. The van der Waals surface area contributed by atoms with Crippen LogP contribution in [0, 0.1) is 5.92 Å². The lowest BCUT2D eigenvalue weighted by molar-refractivity contribution is -0.119. The number of ketones is 1. The summed E-state index contributed by atoms with van der Waals surface area (Å²) < 4.78 is 0. The molecule has 0 aliphatic carbocycles. The third-order valence-electron chi connectivity index (χ3n) is 1.70. The number of Topliss-reactive ketones (excluding diaryl/α,β-unsaturated/α-hetero) is 1. The van der Waals surface area contributed by atoms with Crippen molar-refractivity contribution in [1.29, 1.82) is 0 Å². The smallest absolute Gasteiger partial charge is 0.133 e. The Kier molecular flexibility index (Phi) is 6.19. The summed E-state index contributed by atoms with van der Waals surface area (Å²) in [7, 11) is 0. The highest BCUT2D eigenvalue weighted by molar-refractivity contribution is 5.78. The monoisotopic (exact) mass is 156 g/mol. The van der Waals surface area contributed by atoms with Gasteiger partial charge in [-0.15, -0.1) is 0 Å². The second-order valence-electron chi connectivity index (χ2n) is 3.59. The van der Waals surface area contributed by atoms with Gasteiger partial charge in [-0.3, -0.25) is 4.79 Å². The lowest BCUT2D eigenvalue weighted by Gasteiger charge is -2.02. The lowest BCUT2D eigenvalue weighted by atomic mass is 10.0. The van der Waals surface area contributed by atoms with Crippen LogP contribution in [0.2, 0.25) is 0 Å². The predicted octanol–water partition coefficient (Wildman–Crippen LogP) is 3.18. The number of unbranched alkanes of at least 4 members (excludes halogenated alkanes) is 2. The highest BCUT2D eigenvalue weighted by Crippen LogP contribution is 2.06. The summed E-state index contributed by atoms with van der Waals surface area (Å²) >= 11 is 0. The van der Waals surface area contributed by atoms with Gasteiger partial charge in [-0.25, -0.2) is 0 Å². The van der Waals surface area contributed by atoms with Crippen LogP contribution in [-0.4, -0.2) is 5.78 Å². The van der Waals surface area contributed by atoms with E-state index in [0.717, 1.165) is 19.3 Å². The molecular weight excluding hydrogens is 136 g/mol. The van der Waals surface area contributed by atoms with Gasteiger partial charge in [0.2, 0.25) is 0 Å². The first kappa shape index (κ1) is 10.7. The van der Waals surface area contributed by atoms with Gasteiger partial charge in [0.1, 0.15) is 5.78 Å². The molecule has 1 heteroatoms. The summed E-state index contributed by atoms with van der Waals surface area (Å²) in [6.45, 7) is 6.35. The third kappa shape index (κ3) is 7.57. The van der Waals surface area contributed by atoms with Crippen LogP contribution in [0.4, 0.5) is 0 Å². The summed E-state index contributed by atoms with van der Waals surface area (Å²) in [5.41, 5.74) is 0. The highest BCUT2D eigenvalue weighted by atomic mass is 16.1. The fraction of sp³-hybridized carbons (Fsp3) is 0.900. The van der Waals surface area contributed by atoms with Crippen LogP contribution in [0.15, 0.2) is 0 Å². The second-order valence-corrected chi connectivity index (χ2v) is 3.59. The van der Waals surface area contributed by atoms with Crippen LogP contribution >= 0.6 is 0 Å². The Hall–Kier alpha value is -0.330. The molecule has 1 nitrogen and oxygen atoms in total. The van der Waals surface area contributed by atoms with Gasteiger partial charge in [0, 0.05) is 12.8 Å². The SMILES string of the molecule is CCCCCC(=O)CC(C)C. The molecule has 0 fully saturated rings. The summed E-state index contributed by atoms with van der Waals surface area (Å²) in [6, 6.07) is 0. The van der Waals surface area contributed by atoms with Gasteiger partial charge in [0.15, 0.2) is 0 Å². The van der Waals surface area contributed by atoms with E-state index in [-0.39, 0.29) is 0 Å². The Labute approximate surface area is 70.2 Å². The fourth-order valence-electron chi connectivity index (χ4n) is 1.13. The third-order valence-corrected chi connectivity index (χ3v) is 1.70. The standard InChI is InChI=1S/C10H20O/c1-4-5-6-7-10(11)8-9(2)3/h9H,4-8H2,1-3H3. The Morgan fingerprint density at radius 3 is 2.36 bits per heavy atom. The number of rotatable bonds is 6. The molecule has 0 unspecified atom stereocenters. The topological polar surface area (TPSA) is 17.1 Å². The number of carbonyl (C=O) groups excluding carboxylic acids is 1. The minimum Gasteiger partial charge on any atom is -0.300 e. The van der Waals surface area contributed by atoms with E-state index in [1.807, 2.05) is 0 Å². The highest BCUT2D eigenvalue weighted by Gasteiger charge is 2.03. The molecule has 0 N–H and O–H groups in total. The molecule has 0 bridgehead atoms. The number of hydrogen-bond acceptors (Lipinski definition) is 1. The minimum atomic E-state index is 0.438. The van der Waals surface area contributed by atoms with Crippen molar-refractivity contribution < 1.29 is 4.79 Å². The maximum absolute atomic E-state index is 11.1. The molecule has 0 aromatic heterocycles. The van der Waals surface area contributed by atoms with Crippen molar-refractivity contribution in [3.8, 4) is 0 Å². The summed E-state index contributed by atoms with van der Waals surface area (Å²) in [5.74, 6) is 0.970. The van der Waals surface area contributed by atoms with Gasteiger partial charge in [-0.05, 0) is 12.3 Å². The zero-order chi connectivity index (χ0) is 8.69. The first-order chi connectivity index (χ1) is 5.16. The number of hydrogen-bond donors (Lipinski definition) is 0. The molecule has 0 radical (unpaired) electrons.